The van der Waals surface area contributed by atoms with E-state index in [0.717, 1.165) is 62.5 Å². The second kappa shape index (κ2) is 11.7. The summed E-state index contributed by atoms with van der Waals surface area (Å²) in [5.74, 6) is -0.844. The summed E-state index contributed by atoms with van der Waals surface area (Å²) >= 11 is 0. The molecule has 1 fully saturated rings. The number of hydrogen-bond acceptors (Lipinski definition) is 0. The summed E-state index contributed by atoms with van der Waals surface area (Å²) < 4.78 is 44.5. The summed E-state index contributed by atoms with van der Waals surface area (Å²) in [7, 11) is 0. The minimum Gasteiger partial charge on any atom is -0.206 e. The zero-order chi connectivity index (χ0) is 24.8. The number of rotatable bonds is 9. The lowest BCUT2D eigenvalue weighted by molar-refractivity contribution is 0.375. The normalized spacial score (nSPS) is 17.9. The SMILES string of the molecule is C=CC1CCC(c2ccc(-c3ccc(-c4ccc(CCCCCC)c(F)c4F)cc3)c(F)c2)CC1. The van der Waals surface area contributed by atoms with Crippen LogP contribution in [0.2, 0.25) is 0 Å². The second-order valence-corrected chi connectivity index (χ2v) is 9.87. The topological polar surface area (TPSA) is 0 Å². The molecule has 1 saturated carbocycles. The fourth-order valence-electron chi connectivity index (χ4n) is 5.28. The van der Waals surface area contributed by atoms with Gasteiger partial charge in [0.1, 0.15) is 5.82 Å². The number of unbranched alkanes of at least 4 members (excludes halogenated alkanes) is 3. The first-order chi connectivity index (χ1) is 17.0. The summed E-state index contributed by atoms with van der Waals surface area (Å²) in [6.07, 6.45) is 11.0. The molecule has 0 unspecified atom stereocenters. The van der Waals surface area contributed by atoms with Crippen LogP contribution in [0.5, 0.6) is 0 Å². The molecule has 3 aromatic rings. The largest absolute Gasteiger partial charge is 0.206 e. The van der Waals surface area contributed by atoms with Crippen molar-refractivity contribution in [2.24, 2.45) is 5.92 Å². The summed E-state index contributed by atoms with van der Waals surface area (Å²) in [5.41, 5.74) is 3.54. The molecule has 1 aliphatic carbocycles. The highest BCUT2D eigenvalue weighted by atomic mass is 19.2. The summed E-state index contributed by atoms with van der Waals surface area (Å²) in [4.78, 5) is 0. The number of aryl methyl sites for hydroxylation is 1. The molecule has 0 saturated heterocycles. The Hall–Kier alpha value is -2.81. The second-order valence-electron chi connectivity index (χ2n) is 9.87. The molecular weight excluding hydrogens is 441 g/mol. The Balaban J connectivity index is 1.48. The third-order valence-electron chi connectivity index (χ3n) is 7.54. The van der Waals surface area contributed by atoms with Crippen LogP contribution in [-0.2, 0) is 6.42 Å². The minimum absolute atomic E-state index is 0.234. The monoisotopic (exact) mass is 476 g/mol. The zero-order valence-electron chi connectivity index (χ0n) is 20.6. The van der Waals surface area contributed by atoms with Crippen molar-refractivity contribution in [2.75, 3.05) is 0 Å². The van der Waals surface area contributed by atoms with Gasteiger partial charge in [-0.3, -0.25) is 0 Å². The van der Waals surface area contributed by atoms with Crippen LogP contribution in [0.25, 0.3) is 22.3 Å². The predicted octanol–water partition coefficient (Wildman–Crippen LogP) is 10.0. The van der Waals surface area contributed by atoms with Gasteiger partial charge in [0.15, 0.2) is 11.6 Å². The van der Waals surface area contributed by atoms with Crippen LogP contribution >= 0.6 is 0 Å². The van der Waals surface area contributed by atoms with Crippen LogP contribution < -0.4 is 0 Å². The van der Waals surface area contributed by atoms with E-state index in [1.54, 1.807) is 42.5 Å². The number of hydrogen-bond donors (Lipinski definition) is 0. The first-order valence-corrected chi connectivity index (χ1v) is 13.0. The predicted molar refractivity (Wildman–Crippen MR) is 140 cm³/mol. The van der Waals surface area contributed by atoms with Gasteiger partial charge in [-0.05, 0) is 78.7 Å². The third kappa shape index (κ3) is 5.89. The molecule has 0 N–H and O–H groups in total. The molecule has 0 amide bonds. The Morgan fingerprint density at radius 1 is 0.771 bits per heavy atom. The van der Waals surface area contributed by atoms with Crippen molar-refractivity contribution in [3.63, 3.8) is 0 Å². The van der Waals surface area contributed by atoms with Gasteiger partial charge in [-0.25, -0.2) is 13.2 Å². The van der Waals surface area contributed by atoms with E-state index in [4.69, 9.17) is 0 Å². The van der Waals surface area contributed by atoms with Gasteiger partial charge in [0, 0.05) is 11.1 Å². The fraction of sp³-hybridized carbons (Fsp3) is 0.375. The van der Waals surface area contributed by atoms with Crippen LogP contribution in [0.1, 0.15) is 75.3 Å². The van der Waals surface area contributed by atoms with Gasteiger partial charge in [0.2, 0.25) is 0 Å². The molecule has 1 aliphatic rings. The quantitative estimate of drug-likeness (QED) is 0.213. The molecule has 0 aliphatic heterocycles. The molecule has 0 aromatic heterocycles. The molecule has 184 valence electrons. The van der Waals surface area contributed by atoms with Gasteiger partial charge in [0.05, 0.1) is 0 Å². The van der Waals surface area contributed by atoms with E-state index in [-0.39, 0.29) is 11.4 Å². The molecule has 3 aromatic carbocycles. The maximum atomic E-state index is 15.0. The summed E-state index contributed by atoms with van der Waals surface area (Å²) in [6.45, 7) is 6.02. The van der Waals surface area contributed by atoms with Gasteiger partial charge >= 0.3 is 0 Å². The first kappa shape index (κ1) is 25.3. The van der Waals surface area contributed by atoms with E-state index in [2.05, 4.69) is 13.5 Å². The Morgan fingerprint density at radius 3 is 2.06 bits per heavy atom. The molecule has 0 radical (unpaired) electrons. The molecule has 3 heteroatoms. The standard InChI is InChI=1S/C32H35F3/c1-3-5-6-7-8-26-17-20-29(32(35)31(26)34)25-15-13-24(14-16-25)28-19-18-27(21-30(28)33)23-11-9-22(4-2)10-12-23/h4,13-23H,2-3,5-12H2,1H3. The number of benzene rings is 3. The lowest BCUT2D eigenvalue weighted by Crippen LogP contribution is -2.11. The Bertz CT molecular complexity index is 1140. The Labute approximate surface area is 207 Å². The highest BCUT2D eigenvalue weighted by Gasteiger charge is 2.22. The average Bonchev–Trinajstić information content (AvgIpc) is 2.89. The molecule has 0 nitrogen and oxygen atoms in total. The maximum Gasteiger partial charge on any atom is 0.166 e. The van der Waals surface area contributed by atoms with Gasteiger partial charge in [-0.2, -0.15) is 0 Å². The van der Waals surface area contributed by atoms with Gasteiger partial charge in [-0.1, -0.05) is 80.8 Å². The molecule has 0 heterocycles. The molecule has 0 bridgehead atoms. The van der Waals surface area contributed by atoms with Crippen molar-refractivity contribution in [1.29, 1.82) is 0 Å². The van der Waals surface area contributed by atoms with E-state index in [9.17, 15) is 8.78 Å². The molecule has 0 atom stereocenters. The van der Waals surface area contributed by atoms with Gasteiger partial charge in [-0.15, -0.1) is 6.58 Å². The minimum atomic E-state index is -0.813. The van der Waals surface area contributed by atoms with E-state index >= 15 is 4.39 Å². The number of allylic oxidation sites excluding steroid dienone is 1. The lowest BCUT2D eigenvalue weighted by atomic mass is 9.78. The summed E-state index contributed by atoms with van der Waals surface area (Å²) in [6, 6.07) is 15.9. The highest BCUT2D eigenvalue weighted by Crippen LogP contribution is 2.38. The number of halogens is 3. The van der Waals surface area contributed by atoms with Crippen LogP contribution in [0, 0.1) is 23.4 Å². The third-order valence-corrected chi connectivity index (χ3v) is 7.54. The van der Waals surface area contributed by atoms with Crippen molar-refractivity contribution < 1.29 is 13.2 Å². The fourth-order valence-corrected chi connectivity index (χ4v) is 5.28. The van der Waals surface area contributed by atoms with Crippen molar-refractivity contribution >= 4 is 0 Å². The van der Waals surface area contributed by atoms with Crippen LogP contribution in [0.15, 0.2) is 67.3 Å². The maximum absolute atomic E-state index is 15.0. The van der Waals surface area contributed by atoms with Gasteiger partial charge in [0.25, 0.3) is 0 Å². The lowest BCUT2D eigenvalue weighted by Gasteiger charge is -2.27. The first-order valence-electron chi connectivity index (χ1n) is 13.0. The highest BCUT2D eigenvalue weighted by molar-refractivity contribution is 5.71. The summed E-state index contributed by atoms with van der Waals surface area (Å²) in [5, 5.41) is 0. The molecule has 4 rings (SSSR count). The van der Waals surface area contributed by atoms with Crippen molar-refractivity contribution in [2.45, 2.75) is 70.6 Å². The van der Waals surface area contributed by atoms with Crippen LogP contribution in [0.4, 0.5) is 13.2 Å². The van der Waals surface area contributed by atoms with Crippen molar-refractivity contribution in [3.05, 3.63) is 95.8 Å². The van der Waals surface area contributed by atoms with Crippen molar-refractivity contribution in [1.82, 2.24) is 0 Å². The van der Waals surface area contributed by atoms with E-state index in [0.29, 0.717) is 34.9 Å². The van der Waals surface area contributed by atoms with E-state index in [1.165, 1.54) is 0 Å². The Morgan fingerprint density at radius 2 is 1.43 bits per heavy atom. The molecule has 0 spiro atoms. The Kier molecular flexibility index (Phi) is 8.49. The van der Waals surface area contributed by atoms with E-state index in [1.807, 2.05) is 18.2 Å². The molecule has 35 heavy (non-hydrogen) atoms. The van der Waals surface area contributed by atoms with E-state index < -0.39 is 11.6 Å². The van der Waals surface area contributed by atoms with Gasteiger partial charge < -0.3 is 0 Å². The smallest absolute Gasteiger partial charge is 0.166 e. The zero-order valence-corrected chi connectivity index (χ0v) is 20.6. The van der Waals surface area contributed by atoms with Crippen LogP contribution in [-0.4, -0.2) is 0 Å². The molecular formula is C32H35F3. The van der Waals surface area contributed by atoms with Crippen molar-refractivity contribution in [3.8, 4) is 22.3 Å². The average molecular weight is 477 g/mol. The van der Waals surface area contributed by atoms with Crippen LogP contribution in [0.3, 0.4) is 0 Å².